The molecule has 9 atom stereocenters. The van der Waals surface area contributed by atoms with Crippen molar-refractivity contribution in [2.24, 2.45) is 17.8 Å². The Hall–Kier alpha value is -5.70. The fraction of sp³-hybridized carbons (Fsp3) is 0.500. The van der Waals surface area contributed by atoms with Crippen molar-refractivity contribution >= 4 is 24.0 Å². The van der Waals surface area contributed by atoms with Crippen LogP contribution in [-0.4, -0.2) is 97.8 Å². The molecule has 0 radical (unpaired) electrons. The van der Waals surface area contributed by atoms with Gasteiger partial charge in [-0.15, -0.1) is 0 Å². The molecule has 5 heterocycles. The van der Waals surface area contributed by atoms with Gasteiger partial charge in [-0.1, -0.05) is 56.3 Å². The van der Waals surface area contributed by atoms with Crippen LogP contribution in [0.2, 0.25) is 0 Å². The monoisotopic (exact) mass is 801 g/mol. The molecule has 6 aliphatic rings. The number of piperidine rings is 2. The Morgan fingerprint density at radius 3 is 2.44 bits per heavy atom. The van der Waals surface area contributed by atoms with Gasteiger partial charge in [0.15, 0.2) is 0 Å². The standard InChI is InChI=1S/C44H51N9O6/c1-21(2)35(49-42(56)58-4)40(54)52-32-16-27(32)17-33(52)38-45-20-31(47-38)24-11-9-23(10-12-24)25-13-14-29-26(15-25)7-6-8-30-37(29)48-39(46-30)34-18-28-19-44(28)51-22(3)36(41(55)53(34)44)50-43(57)59-5/h9-15,20-22,27-28,32-36,51H,6-8,16-19H2,1-5H3,(H,45,47)(H,46,48)(H,49,56)(H,50,57)/t22?,27-,28+,32-,33+,34+,35+,36+,44-/m1/s1. The molecule has 4 amide bonds. The van der Waals surface area contributed by atoms with Crippen LogP contribution in [0.5, 0.6) is 0 Å². The molecule has 3 aliphatic heterocycles. The molecular weight excluding hydrogens is 751 g/mol. The van der Waals surface area contributed by atoms with Crippen molar-refractivity contribution in [3.63, 3.8) is 0 Å². The van der Waals surface area contributed by atoms with Crippen LogP contribution in [0.4, 0.5) is 9.59 Å². The molecule has 2 aromatic carbocycles. The lowest BCUT2D eigenvalue weighted by Gasteiger charge is -2.44. The van der Waals surface area contributed by atoms with Gasteiger partial charge in [-0.25, -0.2) is 19.6 Å². The molecular formula is C44H51N9O6. The number of hydrogen-bond acceptors (Lipinski definition) is 9. The van der Waals surface area contributed by atoms with E-state index in [1.54, 1.807) is 0 Å². The van der Waals surface area contributed by atoms with Gasteiger partial charge in [0, 0.05) is 29.3 Å². The number of carbonyl (C=O) groups is 4. The normalized spacial score (nSPS) is 29.1. The van der Waals surface area contributed by atoms with E-state index in [2.05, 4.69) is 68.4 Å². The van der Waals surface area contributed by atoms with Gasteiger partial charge < -0.3 is 39.9 Å². The predicted molar refractivity (Wildman–Crippen MR) is 216 cm³/mol. The summed E-state index contributed by atoms with van der Waals surface area (Å²) in [6.07, 6.45) is 6.92. The zero-order valence-corrected chi connectivity index (χ0v) is 34.0. The first-order valence-corrected chi connectivity index (χ1v) is 21.0. The third-order valence-electron chi connectivity index (χ3n) is 13.8. The van der Waals surface area contributed by atoms with Gasteiger partial charge in [-0.05, 0) is 86.0 Å². The molecule has 10 rings (SSSR count). The van der Waals surface area contributed by atoms with Crippen molar-refractivity contribution < 1.29 is 28.7 Å². The van der Waals surface area contributed by atoms with Crippen molar-refractivity contribution in [2.45, 2.75) is 108 Å². The number of fused-ring (bicyclic) bond motifs is 4. The Labute approximate surface area is 342 Å². The van der Waals surface area contributed by atoms with Crippen molar-refractivity contribution in [1.29, 1.82) is 0 Å². The molecule has 5 N–H and O–H groups in total. The number of aromatic nitrogens is 4. The summed E-state index contributed by atoms with van der Waals surface area (Å²) in [5, 5.41) is 9.14. The summed E-state index contributed by atoms with van der Waals surface area (Å²) in [7, 11) is 2.61. The average molecular weight is 802 g/mol. The van der Waals surface area contributed by atoms with Crippen LogP contribution in [0.15, 0.2) is 48.7 Å². The molecule has 3 aliphatic carbocycles. The van der Waals surface area contributed by atoms with Crippen molar-refractivity contribution in [2.75, 3.05) is 14.2 Å². The minimum absolute atomic E-state index is 0.0961. The molecule has 3 saturated heterocycles. The number of ether oxygens (including phenoxy) is 2. The zero-order chi connectivity index (χ0) is 40.9. The maximum Gasteiger partial charge on any atom is 0.407 e. The first-order chi connectivity index (χ1) is 28.5. The third-order valence-corrected chi connectivity index (χ3v) is 13.8. The summed E-state index contributed by atoms with van der Waals surface area (Å²) in [6.45, 7) is 5.79. The number of aryl methyl sites for hydroxylation is 2. The number of benzene rings is 2. The summed E-state index contributed by atoms with van der Waals surface area (Å²) < 4.78 is 9.64. The second kappa shape index (κ2) is 14.0. The minimum atomic E-state index is -0.722. The van der Waals surface area contributed by atoms with Gasteiger partial charge in [-0.3, -0.25) is 14.9 Å². The SMILES string of the molecule is COC(=O)N[C@H](C(=O)N1[C@@H]2C[C@@H]2C[C@H]1c1ncc(-c2ccc(-c3ccc4c(c3)CCCc3[nH]c([C@@H]5C[C@H]6C[C@]67NC(C)[C@H](NC(=O)OC)C(=O)N57)nc3-4)cc2)[nH]1)C(C)C. The van der Waals surface area contributed by atoms with Gasteiger partial charge in [0.05, 0.1) is 49.6 Å². The lowest BCUT2D eigenvalue weighted by molar-refractivity contribution is -0.144. The number of methoxy groups -OCH3 is 2. The number of hydrogen-bond donors (Lipinski definition) is 5. The van der Waals surface area contributed by atoms with Crippen molar-refractivity contribution in [3.05, 3.63) is 71.6 Å². The highest BCUT2D eigenvalue weighted by Crippen LogP contribution is 2.62. The molecule has 0 bridgehead atoms. The predicted octanol–water partition coefficient (Wildman–Crippen LogP) is 5.37. The molecule has 2 aromatic heterocycles. The van der Waals surface area contributed by atoms with E-state index in [0.29, 0.717) is 11.8 Å². The van der Waals surface area contributed by atoms with Gasteiger partial charge in [0.2, 0.25) is 11.8 Å². The lowest BCUT2D eigenvalue weighted by Crippen LogP contribution is -2.69. The van der Waals surface area contributed by atoms with Crippen LogP contribution in [-0.2, 0) is 31.9 Å². The average Bonchev–Trinajstić information content (AvgIpc) is 3.82. The molecule has 308 valence electrons. The molecule has 2 saturated carbocycles. The first kappa shape index (κ1) is 37.6. The first-order valence-electron chi connectivity index (χ1n) is 21.0. The van der Waals surface area contributed by atoms with Crippen molar-refractivity contribution in [3.8, 4) is 33.6 Å². The van der Waals surface area contributed by atoms with Crippen molar-refractivity contribution in [1.82, 2.24) is 45.7 Å². The quantitative estimate of drug-likeness (QED) is 0.156. The summed E-state index contributed by atoms with van der Waals surface area (Å²) in [5.41, 5.74) is 8.13. The van der Waals surface area contributed by atoms with E-state index in [9.17, 15) is 19.2 Å². The van der Waals surface area contributed by atoms with Crippen LogP contribution in [0, 0.1) is 17.8 Å². The Bertz CT molecular complexity index is 2360. The van der Waals surface area contributed by atoms with Crippen LogP contribution < -0.4 is 16.0 Å². The molecule has 5 fully saturated rings. The molecule has 1 unspecified atom stereocenters. The van der Waals surface area contributed by atoms with Crippen LogP contribution >= 0.6 is 0 Å². The number of H-pyrrole nitrogens is 2. The maximum absolute atomic E-state index is 14.0. The molecule has 59 heavy (non-hydrogen) atoms. The number of amides is 4. The Morgan fingerprint density at radius 2 is 1.68 bits per heavy atom. The second-order valence-corrected chi connectivity index (χ2v) is 17.7. The highest BCUT2D eigenvalue weighted by molar-refractivity contribution is 5.89. The smallest absolute Gasteiger partial charge is 0.407 e. The summed E-state index contributed by atoms with van der Waals surface area (Å²) in [4.78, 5) is 73.0. The summed E-state index contributed by atoms with van der Waals surface area (Å²) in [6, 6.07) is 13.2. The Balaban J connectivity index is 0.859. The summed E-state index contributed by atoms with van der Waals surface area (Å²) in [5.74, 6) is 2.06. The van der Waals surface area contributed by atoms with Crippen LogP contribution in [0.25, 0.3) is 33.6 Å². The van der Waals surface area contributed by atoms with Gasteiger partial charge in [-0.2, -0.15) is 0 Å². The highest BCUT2D eigenvalue weighted by atomic mass is 16.5. The highest BCUT2D eigenvalue weighted by Gasteiger charge is 2.71. The number of alkyl carbamates (subject to hydrolysis) is 2. The number of aromatic amines is 2. The molecule has 15 nitrogen and oxygen atoms in total. The zero-order valence-electron chi connectivity index (χ0n) is 34.0. The van der Waals surface area contributed by atoms with Gasteiger partial charge in [0.25, 0.3) is 0 Å². The molecule has 1 spiro atoms. The van der Waals surface area contributed by atoms with E-state index in [4.69, 9.17) is 19.4 Å². The number of nitrogens with zero attached hydrogens (tertiary/aromatic N) is 4. The van der Waals surface area contributed by atoms with E-state index in [1.807, 2.05) is 36.8 Å². The molecule has 4 aromatic rings. The van der Waals surface area contributed by atoms with E-state index in [0.717, 1.165) is 95.9 Å². The van der Waals surface area contributed by atoms with Crippen LogP contribution in [0.3, 0.4) is 0 Å². The number of nitrogens with one attached hydrogen (secondary N) is 5. The number of carbonyl (C=O) groups excluding carboxylic acids is 4. The van der Waals surface area contributed by atoms with E-state index in [-0.39, 0.29) is 47.6 Å². The number of likely N-dealkylation sites (tertiary alicyclic amines) is 1. The van der Waals surface area contributed by atoms with Gasteiger partial charge in [0.1, 0.15) is 23.7 Å². The van der Waals surface area contributed by atoms with E-state index < -0.39 is 24.3 Å². The number of imidazole rings is 2. The second-order valence-electron chi connectivity index (χ2n) is 17.7. The largest absolute Gasteiger partial charge is 0.453 e. The Kier molecular flexibility index (Phi) is 8.89. The van der Waals surface area contributed by atoms with Gasteiger partial charge >= 0.3 is 12.2 Å². The minimum Gasteiger partial charge on any atom is -0.453 e. The van der Waals surface area contributed by atoms with E-state index >= 15 is 0 Å². The Morgan fingerprint density at radius 1 is 0.915 bits per heavy atom. The number of rotatable bonds is 8. The third kappa shape index (κ3) is 6.18. The lowest BCUT2D eigenvalue weighted by atomic mass is 9.95. The fourth-order valence-electron chi connectivity index (χ4n) is 10.6. The topological polar surface area (TPSA) is 187 Å². The van der Waals surface area contributed by atoms with Crippen LogP contribution in [0.1, 0.15) is 87.9 Å². The summed E-state index contributed by atoms with van der Waals surface area (Å²) >= 11 is 0. The fourth-order valence-corrected chi connectivity index (χ4v) is 10.6. The molecule has 15 heteroatoms. The maximum atomic E-state index is 14.0. The van der Waals surface area contributed by atoms with E-state index in [1.165, 1.54) is 19.8 Å².